The summed E-state index contributed by atoms with van der Waals surface area (Å²) in [4.78, 5) is 20.1. The van der Waals surface area contributed by atoms with E-state index in [4.69, 9.17) is 5.11 Å². The number of thiazole rings is 1. The number of carbonyl (C=O) groups excluding carboxylic acids is 1. The van der Waals surface area contributed by atoms with Crippen molar-refractivity contribution in [2.75, 3.05) is 13.1 Å². The van der Waals surface area contributed by atoms with E-state index >= 15 is 0 Å². The van der Waals surface area contributed by atoms with Gasteiger partial charge in [-0.3, -0.25) is 4.79 Å². The lowest BCUT2D eigenvalue weighted by Crippen LogP contribution is -2.40. The van der Waals surface area contributed by atoms with Crippen LogP contribution in [0.2, 0.25) is 0 Å². The van der Waals surface area contributed by atoms with E-state index in [2.05, 4.69) is 22.2 Å². The van der Waals surface area contributed by atoms with Gasteiger partial charge in [0.25, 0.3) is 5.91 Å². The zero-order valence-electron chi connectivity index (χ0n) is 14.1. The second-order valence-electron chi connectivity index (χ2n) is 6.17. The molecule has 0 bridgehead atoms. The number of likely N-dealkylation sites (tertiary alicyclic amines) is 1. The topological polar surface area (TPSA) is 84.1 Å². The molecule has 0 radical (unpaired) electrons. The van der Waals surface area contributed by atoms with Gasteiger partial charge in [0.2, 0.25) is 0 Å². The lowest BCUT2D eigenvalue weighted by molar-refractivity contribution is 0.0675. The molecule has 2 aromatic heterocycles. The van der Waals surface area contributed by atoms with Crippen LogP contribution in [0.25, 0.3) is 0 Å². The molecule has 1 unspecified atom stereocenters. The van der Waals surface area contributed by atoms with Crippen LogP contribution < -0.4 is 0 Å². The number of hydrogen-bond donors (Lipinski definition) is 1. The number of piperidine rings is 1. The summed E-state index contributed by atoms with van der Waals surface area (Å²) in [6.07, 6.45) is 5.61. The number of aliphatic hydroxyl groups is 1. The first-order valence-electron chi connectivity index (χ1n) is 8.39. The van der Waals surface area contributed by atoms with Crippen molar-refractivity contribution in [2.45, 2.75) is 52.2 Å². The normalized spacial score (nSPS) is 18.1. The maximum Gasteiger partial charge on any atom is 0.265 e. The monoisotopic (exact) mass is 349 g/mol. The summed E-state index contributed by atoms with van der Waals surface area (Å²) in [6, 6.07) is 0.110. The summed E-state index contributed by atoms with van der Waals surface area (Å²) >= 11 is 1.52. The van der Waals surface area contributed by atoms with E-state index in [9.17, 15) is 4.79 Å². The Kier molecular flexibility index (Phi) is 5.25. The fourth-order valence-corrected chi connectivity index (χ4v) is 4.17. The Morgan fingerprint density at radius 1 is 1.50 bits per heavy atom. The highest BCUT2D eigenvalue weighted by Crippen LogP contribution is 2.26. The lowest BCUT2D eigenvalue weighted by Gasteiger charge is -2.32. The number of carbonyl (C=O) groups is 1. The first kappa shape index (κ1) is 17.0. The number of hydrogen-bond acceptors (Lipinski definition) is 6. The molecule has 24 heavy (non-hydrogen) atoms. The van der Waals surface area contributed by atoms with Gasteiger partial charge in [-0.2, -0.15) is 0 Å². The van der Waals surface area contributed by atoms with E-state index in [0.717, 1.165) is 47.8 Å². The van der Waals surface area contributed by atoms with E-state index in [-0.39, 0.29) is 18.6 Å². The molecule has 3 rings (SSSR count). The maximum atomic E-state index is 12.9. The predicted molar refractivity (Wildman–Crippen MR) is 91.0 cm³/mol. The SMILES string of the molecule is CCCc1nc(C)c(C(=O)N2CCCC(n3cc(CO)nn3)C2)s1. The first-order valence-corrected chi connectivity index (χ1v) is 9.21. The molecule has 1 fully saturated rings. The average Bonchev–Trinajstić information content (AvgIpc) is 3.21. The molecule has 1 saturated heterocycles. The molecule has 1 aliphatic heterocycles. The number of aryl methyl sites for hydroxylation is 2. The van der Waals surface area contributed by atoms with Crippen LogP contribution in [0, 0.1) is 6.92 Å². The summed E-state index contributed by atoms with van der Waals surface area (Å²) in [7, 11) is 0. The Labute approximate surface area is 145 Å². The van der Waals surface area contributed by atoms with Crippen LogP contribution in [-0.2, 0) is 13.0 Å². The van der Waals surface area contributed by atoms with Crippen LogP contribution in [0.3, 0.4) is 0 Å². The van der Waals surface area contributed by atoms with Crippen LogP contribution in [0.4, 0.5) is 0 Å². The Morgan fingerprint density at radius 2 is 2.33 bits per heavy atom. The molecule has 7 nitrogen and oxygen atoms in total. The van der Waals surface area contributed by atoms with Crippen LogP contribution in [0.15, 0.2) is 6.20 Å². The average molecular weight is 349 g/mol. The molecular formula is C16H23N5O2S. The molecule has 130 valence electrons. The Morgan fingerprint density at radius 3 is 3.04 bits per heavy atom. The smallest absolute Gasteiger partial charge is 0.265 e. The second-order valence-corrected chi connectivity index (χ2v) is 7.25. The van der Waals surface area contributed by atoms with Gasteiger partial charge in [-0.1, -0.05) is 12.1 Å². The van der Waals surface area contributed by atoms with Crippen LogP contribution in [0.1, 0.15) is 58.3 Å². The van der Waals surface area contributed by atoms with Gasteiger partial charge in [-0.05, 0) is 32.6 Å². The molecule has 8 heteroatoms. The van der Waals surface area contributed by atoms with E-state index in [1.54, 1.807) is 10.9 Å². The number of amides is 1. The molecule has 0 spiro atoms. The Hall–Kier alpha value is -1.80. The third kappa shape index (κ3) is 3.49. The molecule has 0 aromatic carbocycles. The van der Waals surface area contributed by atoms with Gasteiger partial charge in [-0.25, -0.2) is 9.67 Å². The molecule has 2 aromatic rings. The molecule has 1 atom stereocenters. The van der Waals surface area contributed by atoms with Crippen molar-refractivity contribution in [1.82, 2.24) is 24.9 Å². The zero-order chi connectivity index (χ0) is 17.1. The summed E-state index contributed by atoms with van der Waals surface area (Å²) in [5, 5.41) is 18.2. The van der Waals surface area contributed by atoms with Gasteiger partial charge in [-0.15, -0.1) is 16.4 Å². The lowest BCUT2D eigenvalue weighted by atomic mass is 10.1. The number of aliphatic hydroxyl groups excluding tert-OH is 1. The summed E-state index contributed by atoms with van der Waals surface area (Å²) in [6.45, 7) is 5.29. The van der Waals surface area contributed by atoms with Gasteiger partial charge in [0.05, 0.1) is 29.5 Å². The highest BCUT2D eigenvalue weighted by Gasteiger charge is 2.28. The van der Waals surface area contributed by atoms with Crippen LogP contribution in [0.5, 0.6) is 0 Å². The third-order valence-corrected chi connectivity index (χ3v) is 5.48. The van der Waals surface area contributed by atoms with Gasteiger partial charge in [0.1, 0.15) is 10.6 Å². The maximum absolute atomic E-state index is 12.9. The molecular weight excluding hydrogens is 326 g/mol. The highest BCUT2D eigenvalue weighted by molar-refractivity contribution is 7.13. The molecule has 0 aliphatic carbocycles. The van der Waals surface area contributed by atoms with Crippen LogP contribution >= 0.6 is 11.3 Å². The molecule has 1 amide bonds. The van der Waals surface area contributed by atoms with Crippen LogP contribution in [-0.4, -0.2) is 49.0 Å². The summed E-state index contributed by atoms with van der Waals surface area (Å²) in [5.41, 5.74) is 1.39. The number of aromatic nitrogens is 4. The second kappa shape index (κ2) is 7.40. The van der Waals surface area contributed by atoms with E-state index in [1.165, 1.54) is 11.3 Å². The van der Waals surface area contributed by atoms with Gasteiger partial charge >= 0.3 is 0 Å². The van der Waals surface area contributed by atoms with E-state index < -0.39 is 0 Å². The fraction of sp³-hybridized carbons (Fsp3) is 0.625. The van der Waals surface area contributed by atoms with Crippen molar-refractivity contribution in [3.05, 3.63) is 27.5 Å². The quantitative estimate of drug-likeness (QED) is 0.892. The number of rotatable bonds is 5. The summed E-state index contributed by atoms with van der Waals surface area (Å²) in [5.74, 6) is 0.0690. The third-order valence-electron chi connectivity index (χ3n) is 4.28. The Bertz CT molecular complexity index is 711. The Balaban J connectivity index is 1.73. The van der Waals surface area contributed by atoms with Crippen molar-refractivity contribution >= 4 is 17.2 Å². The minimum absolute atomic E-state index is 0.0690. The minimum Gasteiger partial charge on any atom is -0.390 e. The van der Waals surface area contributed by atoms with Crippen molar-refractivity contribution in [3.63, 3.8) is 0 Å². The highest BCUT2D eigenvalue weighted by atomic mass is 32.1. The molecule has 1 N–H and O–H groups in total. The zero-order valence-corrected chi connectivity index (χ0v) is 14.9. The van der Waals surface area contributed by atoms with Crippen molar-refractivity contribution in [2.24, 2.45) is 0 Å². The standard InChI is InChI=1S/C16H23N5O2S/c1-3-5-14-17-11(2)15(24-14)16(23)20-7-4-6-13(9-20)21-8-12(10-22)18-19-21/h8,13,22H,3-7,9-10H2,1-2H3. The van der Waals surface area contributed by atoms with E-state index in [1.807, 2.05) is 11.8 Å². The van der Waals surface area contributed by atoms with Gasteiger partial charge in [0.15, 0.2) is 0 Å². The number of nitrogens with zero attached hydrogens (tertiary/aromatic N) is 5. The van der Waals surface area contributed by atoms with Crippen molar-refractivity contribution < 1.29 is 9.90 Å². The van der Waals surface area contributed by atoms with Gasteiger partial charge < -0.3 is 10.0 Å². The minimum atomic E-state index is -0.115. The molecule has 0 saturated carbocycles. The predicted octanol–water partition coefficient (Wildman–Crippen LogP) is 1.97. The first-order chi connectivity index (χ1) is 11.6. The van der Waals surface area contributed by atoms with Crippen molar-refractivity contribution in [1.29, 1.82) is 0 Å². The van der Waals surface area contributed by atoms with E-state index in [0.29, 0.717) is 12.2 Å². The molecule has 3 heterocycles. The fourth-order valence-electron chi connectivity index (χ4n) is 3.03. The summed E-state index contributed by atoms with van der Waals surface area (Å²) < 4.78 is 1.77. The van der Waals surface area contributed by atoms with Crippen molar-refractivity contribution in [3.8, 4) is 0 Å². The molecule has 1 aliphatic rings. The largest absolute Gasteiger partial charge is 0.390 e. The van der Waals surface area contributed by atoms with Gasteiger partial charge in [0, 0.05) is 13.1 Å².